The van der Waals surface area contributed by atoms with Crippen LogP contribution in [0.5, 0.6) is 0 Å². The molecule has 0 heterocycles. The van der Waals surface area contributed by atoms with Gasteiger partial charge in [-0.1, -0.05) is 90.8 Å². The molecule has 0 aliphatic carbocycles. The van der Waals surface area contributed by atoms with Crippen LogP contribution >= 0.6 is 0 Å². The Morgan fingerprint density at radius 1 is 0.722 bits per heavy atom. The number of aliphatic hydroxyl groups excluding tert-OH is 1. The van der Waals surface area contributed by atoms with Crippen LogP contribution in [-0.4, -0.2) is 11.7 Å². The minimum atomic E-state index is -2.78. The summed E-state index contributed by atoms with van der Waals surface area (Å²) < 4.78 is 52.2. The first-order valence-electron chi connectivity index (χ1n) is 11.2. The predicted octanol–water partition coefficient (Wildman–Crippen LogP) is 5.71. The van der Waals surface area contributed by atoms with Crippen LogP contribution in [0.2, 0.25) is 0 Å². The molecule has 0 aromatic heterocycles. The molecule has 0 amide bonds. The molecule has 0 aliphatic rings. The first-order valence-corrected chi connectivity index (χ1v) is 7.67. The Kier molecular flexibility index (Phi) is 7.51. The van der Waals surface area contributed by atoms with E-state index in [2.05, 4.69) is 0 Å². The van der Waals surface area contributed by atoms with Crippen LogP contribution in [-0.2, 0) is 0 Å². The zero-order valence-corrected chi connectivity index (χ0v) is 11.8. The number of rotatable bonds is 14. The summed E-state index contributed by atoms with van der Waals surface area (Å²) in [6, 6.07) is 0. The molecule has 0 unspecified atom stereocenters. The molecule has 1 N–H and O–H groups in total. The quantitative estimate of drug-likeness (QED) is 0.398. The van der Waals surface area contributed by atoms with Crippen molar-refractivity contribution in [2.75, 3.05) is 6.61 Å². The van der Waals surface area contributed by atoms with Crippen LogP contribution in [0.4, 0.5) is 0 Å². The summed E-state index contributed by atoms with van der Waals surface area (Å²) in [5.41, 5.74) is 0. The highest BCUT2D eigenvalue weighted by Gasteiger charge is 1.95. The van der Waals surface area contributed by atoms with Gasteiger partial charge in [0.15, 0.2) is 0 Å². The number of aliphatic hydroxyl groups is 1. The summed E-state index contributed by atoms with van der Waals surface area (Å²) in [4.78, 5) is 0. The minimum Gasteiger partial charge on any atom is -0.396 e. The molecule has 0 atom stereocenters. The normalized spacial score (nSPS) is 19.1. The average molecular weight is 264 g/mol. The highest BCUT2D eigenvalue weighted by atomic mass is 16.2. The van der Waals surface area contributed by atoms with Gasteiger partial charge in [-0.3, -0.25) is 0 Å². The van der Waals surface area contributed by atoms with E-state index in [1.807, 2.05) is 0 Å². The molecule has 0 saturated carbocycles. The molecule has 0 fully saturated rings. The fourth-order valence-electron chi connectivity index (χ4n) is 2.18. The fraction of sp³-hybridized carbons (Fsp3) is 1.00. The van der Waals surface area contributed by atoms with Crippen LogP contribution < -0.4 is 0 Å². The molecule has 0 aliphatic heterocycles. The van der Waals surface area contributed by atoms with E-state index in [-0.39, 0.29) is 6.42 Å². The third-order valence-corrected chi connectivity index (χ3v) is 3.33. The summed E-state index contributed by atoms with van der Waals surface area (Å²) in [5.74, 6) is -2.35. The van der Waals surface area contributed by atoms with Crippen molar-refractivity contribution < 1.29 is 14.7 Å². The van der Waals surface area contributed by atoms with Crippen molar-refractivity contribution in [3.8, 4) is 0 Å². The monoisotopic (exact) mass is 263 g/mol. The zero-order valence-electron chi connectivity index (χ0n) is 18.8. The number of unbranched alkanes of at least 4 members (excludes halogenated alkanes) is 11. The second-order valence-electron chi connectivity index (χ2n) is 5.19. The van der Waals surface area contributed by atoms with E-state index in [1.54, 1.807) is 0 Å². The van der Waals surface area contributed by atoms with E-state index < -0.39 is 19.6 Å². The van der Waals surface area contributed by atoms with Gasteiger partial charge in [-0.25, -0.2) is 0 Å². The summed E-state index contributed by atoms with van der Waals surface area (Å²) in [5, 5.41) is 8.69. The van der Waals surface area contributed by atoms with E-state index >= 15 is 0 Å². The summed E-state index contributed by atoms with van der Waals surface area (Å²) in [7, 11) is 0. The van der Waals surface area contributed by atoms with Crippen LogP contribution in [0.15, 0.2) is 0 Å². The van der Waals surface area contributed by atoms with Crippen molar-refractivity contribution >= 4 is 0 Å². The third kappa shape index (κ3) is 16.0. The van der Waals surface area contributed by atoms with Gasteiger partial charge in [0.2, 0.25) is 0 Å². The standard InChI is InChI=1S/C17H36O/c1-17(2)15-13-11-9-7-5-3-4-6-8-10-12-14-16-18/h17-18H,3-16H2,1-2H3/i1D3,2D3,17D. The van der Waals surface area contributed by atoms with Gasteiger partial charge in [0.1, 0.15) is 0 Å². The van der Waals surface area contributed by atoms with Gasteiger partial charge in [0.25, 0.3) is 0 Å². The Hall–Kier alpha value is -0.0400. The molecule has 0 aromatic carbocycles. The Morgan fingerprint density at radius 3 is 1.50 bits per heavy atom. The van der Waals surface area contributed by atoms with Crippen molar-refractivity contribution in [2.24, 2.45) is 5.89 Å². The Bertz CT molecular complexity index is 312. The molecule has 0 spiro atoms. The molecular weight excluding hydrogens is 220 g/mol. The molecular formula is C17H36O. The molecule has 1 nitrogen and oxygen atoms in total. The second-order valence-corrected chi connectivity index (χ2v) is 5.19. The molecule has 18 heavy (non-hydrogen) atoms. The largest absolute Gasteiger partial charge is 0.396 e. The lowest BCUT2D eigenvalue weighted by molar-refractivity contribution is 0.282. The second kappa shape index (κ2) is 15.0. The lowest BCUT2D eigenvalue weighted by Gasteiger charge is -2.04. The van der Waals surface area contributed by atoms with Gasteiger partial charge in [-0.15, -0.1) is 0 Å². The highest BCUT2D eigenvalue weighted by Crippen LogP contribution is 2.13. The SMILES string of the molecule is [2H]C([2H])([2H])C([2H])(CCCCCCCCCCCCCCO)C([2H])([2H])[2H]. The smallest absolute Gasteiger partial charge is 0.0431 e. The molecule has 0 saturated heterocycles. The number of hydrogen-bond donors (Lipinski definition) is 1. The van der Waals surface area contributed by atoms with Gasteiger partial charge in [-0.2, -0.15) is 0 Å². The summed E-state index contributed by atoms with van der Waals surface area (Å²) in [6.07, 6.45) is 12.5. The lowest BCUT2D eigenvalue weighted by atomic mass is 10.0. The Balaban J connectivity index is 3.69. The van der Waals surface area contributed by atoms with Crippen molar-refractivity contribution in [3.63, 3.8) is 0 Å². The van der Waals surface area contributed by atoms with E-state index in [0.717, 1.165) is 38.5 Å². The third-order valence-electron chi connectivity index (χ3n) is 3.33. The molecule has 1 heteroatoms. The van der Waals surface area contributed by atoms with Crippen molar-refractivity contribution in [3.05, 3.63) is 0 Å². The Labute approximate surface area is 125 Å². The predicted molar refractivity (Wildman–Crippen MR) is 81.9 cm³/mol. The lowest BCUT2D eigenvalue weighted by Crippen LogP contribution is -1.87. The van der Waals surface area contributed by atoms with E-state index in [0.29, 0.717) is 13.0 Å². The van der Waals surface area contributed by atoms with E-state index in [9.17, 15) is 0 Å². The topological polar surface area (TPSA) is 20.2 Å². The van der Waals surface area contributed by atoms with Gasteiger partial charge in [0.05, 0.1) is 0 Å². The summed E-state index contributed by atoms with van der Waals surface area (Å²) in [6.45, 7) is -5.27. The van der Waals surface area contributed by atoms with Crippen molar-refractivity contribution in [2.45, 2.75) is 97.2 Å². The van der Waals surface area contributed by atoms with Crippen LogP contribution in [0, 0.1) is 5.89 Å². The van der Waals surface area contributed by atoms with Gasteiger partial charge in [0, 0.05) is 16.2 Å². The molecule has 110 valence electrons. The van der Waals surface area contributed by atoms with Gasteiger partial charge in [-0.05, 0) is 12.3 Å². The summed E-state index contributed by atoms with van der Waals surface area (Å²) >= 11 is 0. The van der Waals surface area contributed by atoms with Gasteiger partial charge >= 0.3 is 0 Å². The minimum absolute atomic E-state index is 0.103. The van der Waals surface area contributed by atoms with Crippen molar-refractivity contribution in [1.82, 2.24) is 0 Å². The van der Waals surface area contributed by atoms with E-state index in [1.165, 1.54) is 32.1 Å². The maximum absolute atomic E-state index is 8.69. The maximum atomic E-state index is 8.69. The molecule has 0 aromatic rings. The van der Waals surface area contributed by atoms with Crippen LogP contribution in [0.3, 0.4) is 0 Å². The fourth-order valence-corrected chi connectivity index (χ4v) is 2.18. The molecule has 0 rings (SSSR count). The Morgan fingerprint density at radius 2 is 1.11 bits per heavy atom. The highest BCUT2D eigenvalue weighted by molar-refractivity contribution is 4.50. The first kappa shape index (κ1) is 9.00. The average Bonchev–Trinajstić information content (AvgIpc) is 2.49. The zero-order chi connectivity index (χ0) is 19.4. The first-order chi connectivity index (χ1) is 11.6. The van der Waals surface area contributed by atoms with Crippen LogP contribution in [0.25, 0.3) is 0 Å². The molecule has 0 bridgehead atoms. The van der Waals surface area contributed by atoms with Gasteiger partial charge < -0.3 is 5.11 Å². The number of hydrogen-bond acceptors (Lipinski definition) is 1. The molecule has 0 radical (unpaired) electrons. The van der Waals surface area contributed by atoms with Crippen molar-refractivity contribution in [1.29, 1.82) is 0 Å². The van der Waals surface area contributed by atoms with Crippen LogP contribution in [0.1, 0.15) is 107 Å². The maximum Gasteiger partial charge on any atom is 0.0431 e. The van der Waals surface area contributed by atoms with E-state index in [4.69, 9.17) is 14.7 Å².